The number of guanidine groups is 1. The lowest BCUT2D eigenvalue weighted by atomic mass is 10.2. The van der Waals surface area contributed by atoms with Gasteiger partial charge in [0, 0.05) is 33.7 Å². The quantitative estimate of drug-likeness (QED) is 0.413. The van der Waals surface area contributed by atoms with Crippen LogP contribution in [-0.2, 0) is 16.0 Å². The Morgan fingerprint density at radius 1 is 1.45 bits per heavy atom. The first-order valence-electron chi connectivity index (χ1n) is 7.71. The highest BCUT2D eigenvalue weighted by atomic mass is 16.5. The van der Waals surface area contributed by atoms with E-state index in [1.165, 1.54) is 0 Å². The maximum Gasteiger partial charge on any atom is 0.223 e. The van der Waals surface area contributed by atoms with Gasteiger partial charge in [-0.3, -0.25) is 4.99 Å². The van der Waals surface area contributed by atoms with E-state index in [1.807, 2.05) is 0 Å². The summed E-state index contributed by atoms with van der Waals surface area (Å²) < 4.78 is 16.0. The smallest absolute Gasteiger partial charge is 0.223 e. The van der Waals surface area contributed by atoms with Gasteiger partial charge in [-0.15, -0.1) is 0 Å². The molecule has 1 unspecified atom stereocenters. The van der Waals surface area contributed by atoms with Gasteiger partial charge in [-0.1, -0.05) is 5.16 Å². The van der Waals surface area contributed by atoms with E-state index < -0.39 is 0 Å². The molecular formula is C14H25N5O3. The number of hydrogen-bond acceptors (Lipinski definition) is 6. The average Bonchev–Trinajstić information content (AvgIpc) is 3.17. The summed E-state index contributed by atoms with van der Waals surface area (Å²) in [5.41, 5.74) is 0. The van der Waals surface area contributed by atoms with Crippen LogP contribution in [0.3, 0.4) is 0 Å². The molecule has 2 N–H and O–H groups in total. The summed E-state index contributed by atoms with van der Waals surface area (Å²) in [4.78, 5) is 8.26. The lowest BCUT2D eigenvalue weighted by Crippen LogP contribution is -2.37. The number of rotatable bonds is 8. The molecule has 1 aromatic heterocycles. The first-order chi connectivity index (χ1) is 10.8. The Kier molecular flexibility index (Phi) is 7.11. The van der Waals surface area contributed by atoms with Gasteiger partial charge in [0.05, 0.1) is 19.3 Å². The van der Waals surface area contributed by atoms with Crippen LogP contribution < -0.4 is 10.6 Å². The Morgan fingerprint density at radius 3 is 3.05 bits per heavy atom. The topological polar surface area (TPSA) is 93.8 Å². The van der Waals surface area contributed by atoms with E-state index in [4.69, 9.17) is 14.0 Å². The van der Waals surface area contributed by atoms with Crippen molar-refractivity contribution in [3.8, 4) is 0 Å². The van der Waals surface area contributed by atoms with E-state index in [0.29, 0.717) is 43.5 Å². The van der Waals surface area contributed by atoms with Gasteiger partial charge in [0.2, 0.25) is 5.89 Å². The molecule has 124 valence electrons. The maximum atomic E-state index is 5.61. The molecule has 1 aromatic rings. The molecule has 0 aliphatic carbocycles. The number of aromatic nitrogens is 2. The normalized spacial score (nSPS) is 18.6. The molecule has 0 aromatic carbocycles. The summed E-state index contributed by atoms with van der Waals surface area (Å²) in [6, 6.07) is 0. The third-order valence-electron chi connectivity index (χ3n) is 3.29. The largest absolute Gasteiger partial charge is 0.379 e. The van der Waals surface area contributed by atoms with Crippen molar-refractivity contribution >= 4 is 5.96 Å². The van der Waals surface area contributed by atoms with Crippen molar-refractivity contribution < 1.29 is 14.0 Å². The molecule has 1 fully saturated rings. The number of aryl methyl sites for hydroxylation is 1. The fourth-order valence-electron chi connectivity index (χ4n) is 2.17. The predicted molar refractivity (Wildman–Crippen MR) is 81.6 cm³/mol. The molecule has 0 amide bonds. The fourth-order valence-corrected chi connectivity index (χ4v) is 2.17. The third kappa shape index (κ3) is 5.98. The highest BCUT2D eigenvalue weighted by Crippen LogP contribution is 2.11. The minimum atomic E-state index is 0.292. The summed E-state index contributed by atoms with van der Waals surface area (Å²) in [6.07, 6.45) is 3.47. The van der Waals surface area contributed by atoms with Crippen molar-refractivity contribution in [2.24, 2.45) is 4.99 Å². The van der Waals surface area contributed by atoms with Crippen molar-refractivity contribution in [1.82, 2.24) is 20.8 Å². The Balaban J connectivity index is 1.50. The number of nitrogens with zero attached hydrogens (tertiary/aromatic N) is 3. The molecule has 8 nitrogen and oxygen atoms in total. The van der Waals surface area contributed by atoms with E-state index in [9.17, 15) is 0 Å². The van der Waals surface area contributed by atoms with Crippen molar-refractivity contribution in [3.05, 3.63) is 11.7 Å². The minimum Gasteiger partial charge on any atom is -0.379 e. The van der Waals surface area contributed by atoms with Gasteiger partial charge in [0.25, 0.3) is 0 Å². The molecule has 0 radical (unpaired) electrons. The molecule has 22 heavy (non-hydrogen) atoms. The van der Waals surface area contributed by atoms with Gasteiger partial charge in [-0.2, -0.15) is 4.98 Å². The fraction of sp³-hybridized carbons (Fsp3) is 0.786. The second-order valence-corrected chi connectivity index (χ2v) is 5.15. The number of nitrogens with one attached hydrogen (secondary N) is 2. The molecule has 8 heteroatoms. The highest BCUT2D eigenvalue weighted by Gasteiger charge is 2.14. The molecule has 0 spiro atoms. The number of aliphatic imine (C=N–C) groups is 1. The zero-order valence-corrected chi connectivity index (χ0v) is 13.3. The molecular weight excluding hydrogens is 286 g/mol. The van der Waals surface area contributed by atoms with E-state index in [-0.39, 0.29) is 0 Å². The van der Waals surface area contributed by atoms with Crippen LogP contribution in [0.4, 0.5) is 0 Å². The van der Waals surface area contributed by atoms with Crippen molar-refractivity contribution in [3.63, 3.8) is 0 Å². The lowest BCUT2D eigenvalue weighted by molar-refractivity contribution is 0.0168. The van der Waals surface area contributed by atoms with Crippen molar-refractivity contribution in [1.29, 1.82) is 0 Å². The van der Waals surface area contributed by atoms with E-state index in [1.54, 1.807) is 14.0 Å². The van der Waals surface area contributed by atoms with Crippen LogP contribution in [0, 0.1) is 6.92 Å². The van der Waals surface area contributed by atoms with Crippen LogP contribution >= 0.6 is 0 Å². The second-order valence-electron chi connectivity index (χ2n) is 5.15. The molecule has 0 bridgehead atoms. The van der Waals surface area contributed by atoms with Crippen molar-refractivity contribution in [2.45, 2.75) is 38.8 Å². The van der Waals surface area contributed by atoms with Crippen LogP contribution in [0.2, 0.25) is 0 Å². The van der Waals surface area contributed by atoms with Crippen LogP contribution in [0.15, 0.2) is 9.52 Å². The first-order valence-corrected chi connectivity index (χ1v) is 7.71. The van der Waals surface area contributed by atoms with E-state index in [2.05, 4.69) is 25.8 Å². The Hall–Kier alpha value is -1.67. The summed E-state index contributed by atoms with van der Waals surface area (Å²) in [6.45, 7) is 5.32. The Labute approximate surface area is 130 Å². The van der Waals surface area contributed by atoms with Gasteiger partial charge in [-0.05, 0) is 19.3 Å². The SMILES string of the molecule is CN=C(NCCCOCC1CCCO1)NCc1noc(C)n1. The third-order valence-corrected chi connectivity index (χ3v) is 3.29. The second kappa shape index (κ2) is 9.37. The standard InChI is InChI=1S/C14H25N5O3/c1-11-18-13(19-22-11)9-17-14(15-2)16-6-4-7-20-10-12-5-3-8-21-12/h12H,3-10H2,1-2H3,(H2,15,16,17). The molecule has 0 saturated carbocycles. The Morgan fingerprint density at radius 2 is 2.36 bits per heavy atom. The molecule has 1 aliphatic heterocycles. The minimum absolute atomic E-state index is 0.292. The van der Waals surface area contributed by atoms with E-state index >= 15 is 0 Å². The zero-order valence-electron chi connectivity index (χ0n) is 13.3. The maximum absolute atomic E-state index is 5.61. The molecule has 2 heterocycles. The van der Waals surface area contributed by atoms with Crippen LogP contribution in [-0.4, -0.2) is 55.6 Å². The summed E-state index contributed by atoms with van der Waals surface area (Å²) in [5.74, 6) is 1.88. The first kappa shape index (κ1) is 16.7. The van der Waals surface area contributed by atoms with Gasteiger partial charge in [0.1, 0.15) is 0 Å². The van der Waals surface area contributed by atoms with Gasteiger partial charge >= 0.3 is 0 Å². The molecule has 1 saturated heterocycles. The van der Waals surface area contributed by atoms with Crippen LogP contribution in [0.25, 0.3) is 0 Å². The predicted octanol–water partition coefficient (Wildman–Crippen LogP) is 0.629. The van der Waals surface area contributed by atoms with E-state index in [0.717, 1.165) is 32.4 Å². The highest BCUT2D eigenvalue weighted by molar-refractivity contribution is 5.79. The molecule has 1 aliphatic rings. The zero-order chi connectivity index (χ0) is 15.6. The summed E-state index contributed by atoms with van der Waals surface area (Å²) >= 11 is 0. The summed E-state index contributed by atoms with van der Waals surface area (Å²) in [5, 5.41) is 10.2. The average molecular weight is 311 g/mol. The van der Waals surface area contributed by atoms with Crippen LogP contribution in [0.1, 0.15) is 31.0 Å². The van der Waals surface area contributed by atoms with Crippen LogP contribution in [0.5, 0.6) is 0 Å². The lowest BCUT2D eigenvalue weighted by Gasteiger charge is -2.12. The molecule has 1 atom stereocenters. The monoisotopic (exact) mass is 311 g/mol. The summed E-state index contributed by atoms with van der Waals surface area (Å²) in [7, 11) is 1.73. The number of ether oxygens (including phenoxy) is 2. The van der Waals surface area contributed by atoms with Gasteiger partial charge < -0.3 is 24.6 Å². The Bertz CT molecular complexity index is 457. The van der Waals surface area contributed by atoms with Gasteiger partial charge in [0.15, 0.2) is 11.8 Å². The van der Waals surface area contributed by atoms with Gasteiger partial charge in [-0.25, -0.2) is 0 Å². The number of hydrogen-bond donors (Lipinski definition) is 2. The van der Waals surface area contributed by atoms with Crippen molar-refractivity contribution in [2.75, 3.05) is 33.4 Å². The molecule has 2 rings (SSSR count).